The average molecular weight is 386 g/mol. The molecule has 3 heterocycles. The Labute approximate surface area is 146 Å². The average Bonchev–Trinajstić information content (AvgIpc) is 3.14. The molecule has 122 valence electrons. The van der Waals surface area contributed by atoms with Crippen LogP contribution in [0.15, 0.2) is 41.5 Å². The van der Waals surface area contributed by atoms with Crippen LogP contribution in [0.3, 0.4) is 0 Å². The van der Waals surface area contributed by atoms with Crippen molar-refractivity contribution < 1.29 is 0 Å². The number of nitrogens with one attached hydrogen (secondary N) is 1. The van der Waals surface area contributed by atoms with Crippen molar-refractivity contribution in [1.29, 1.82) is 0 Å². The second kappa shape index (κ2) is 6.20. The molecule has 4 aromatic rings. The second-order valence-electron chi connectivity index (χ2n) is 5.54. The lowest BCUT2D eigenvalue weighted by atomic mass is 10.3. The van der Waals surface area contributed by atoms with Gasteiger partial charge in [0.1, 0.15) is 16.7 Å². The minimum atomic E-state index is 0.753. The Hall–Kier alpha value is -2.48. The SMILES string of the molecule is Cn1nc(Br)c2c(NCCCn3cnc4ccccc43)ncnc21. The van der Waals surface area contributed by atoms with Crippen LogP contribution in [0, 0.1) is 0 Å². The maximum atomic E-state index is 4.42. The van der Waals surface area contributed by atoms with Crippen molar-refractivity contribution in [2.45, 2.75) is 13.0 Å². The number of benzene rings is 1. The molecule has 0 unspecified atom stereocenters. The van der Waals surface area contributed by atoms with E-state index >= 15 is 0 Å². The summed E-state index contributed by atoms with van der Waals surface area (Å²) in [6, 6.07) is 8.17. The molecule has 7 nitrogen and oxygen atoms in total. The van der Waals surface area contributed by atoms with Gasteiger partial charge in [-0.3, -0.25) is 0 Å². The Morgan fingerprint density at radius 2 is 2.04 bits per heavy atom. The fraction of sp³-hybridized carbons (Fsp3) is 0.250. The number of hydrogen-bond acceptors (Lipinski definition) is 5. The molecule has 4 rings (SSSR count). The Balaban J connectivity index is 1.45. The van der Waals surface area contributed by atoms with Crippen molar-refractivity contribution in [3.8, 4) is 0 Å². The smallest absolute Gasteiger partial charge is 0.164 e. The maximum Gasteiger partial charge on any atom is 0.164 e. The second-order valence-corrected chi connectivity index (χ2v) is 6.29. The van der Waals surface area contributed by atoms with E-state index in [1.54, 1.807) is 11.0 Å². The summed E-state index contributed by atoms with van der Waals surface area (Å²) in [6.45, 7) is 1.70. The third kappa shape index (κ3) is 2.62. The van der Waals surface area contributed by atoms with Crippen LogP contribution in [0.5, 0.6) is 0 Å². The third-order valence-corrected chi connectivity index (χ3v) is 4.53. The number of halogens is 1. The van der Waals surface area contributed by atoms with E-state index in [-0.39, 0.29) is 0 Å². The van der Waals surface area contributed by atoms with Crippen molar-refractivity contribution >= 4 is 43.8 Å². The van der Waals surface area contributed by atoms with Gasteiger partial charge in [-0.25, -0.2) is 19.6 Å². The Morgan fingerprint density at radius 1 is 1.17 bits per heavy atom. The van der Waals surface area contributed by atoms with E-state index in [1.165, 1.54) is 0 Å². The lowest BCUT2D eigenvalue weighted by Crippen LogP contribution is -2.08. The summed E-state index contributed by atoms with van der Waals surface area (Å²) in [5.41, 5.74) is 3.00. The van der Waals surface area contributed by atoms with Crippen molar-refractivity contribution in [2.75, 3.05) is 11.9 Å². The van der Waals surface area contributed by atoms with Crippen LogP contribution >= 0.6 is 15.9 Å². The van der Waals surface area contributed by atoms with Gasteiger partial charge >= 0.3 is 0 Å². The molecule has 0 saturated carbocycles. The lowest BCUT2D eigenvalue weighted by Gasteiger charge is -2.08. The highest BCUT2D eigenvalue weighted by Gasteiger charge is 2.12. The standard InChI is InChI=1S/C16H16BrN7/c1-23-16-13(14(17)22-23)15(19-9-20-16)18-7-4-8-24-10-21-11-5-2-3-6-12(11)24/h2-3,5-6,9-10H,4,7-8H2,1H3,(H,18,19,20). The molecule has 0 saturated heterocycles. The first-order chi connectivity index (χ1) is 11.7. The molecule has 0 radical (unpaired) electrons. The quantitative estimate of drug-likeness (QED) is 0.534. The summed E-state index contributed by atoms with van der Waals surface area (Å²) in [6.07, 6.45) is 4.41. The van der Waals surface area contributed by atoms with Crippen LogP contribution in [0.2, 0.25) is 0 Å². The minimum Gasteiger partial charge on any atom is -0.369 e. The Morgan fingerprint density at radius 3 is 2.96 bits per heavy atom. The summed E-state index contributed by atoms with van der Waals surface area (Å²) in [5, 5.41) is 8.63. The zero-order valence-electron chi connectivity index (χ0n) is 13.1. The Kier molecular flexibility index (Phi) is 3.89. The minimum absolute atomic E-state index is 0.753. The van der Waals surface area contributed by atoms with Gasteiger partial charge in [0, 0.05) is 20.1 Å². The molecule has 3 aromatic heterocycles. The molecule has 24 heavy (non-hydrogen) atoms. The topological polar surface area (TPSA) is 73.5 Å². The van der Waals surface area contributed by atoms with Crippen molar-refractivity contribution in [1.82, 2.24) is 29.3 Å². The van der Waals surface area contributed by atoms with Crippen molar-refractivity contribution in [2.24, 2.45) is 7.05 Å². The van der Waals surface area contributed by atoms with Crippen LogP contribution in [0.25, 0.3) is 22.1 Å². The summed E-state index contributed by atoms with van der Waals surface area (Å²) < 4.78 is 4.67. The number of hydrogen-bond donors (Lipinski definition) is 1. The monoisotopic (exact) mass is 385 g/mol. The van der Waals surface area contributed by atoms with E-state index in [0.717, 1.165) is 52.0 Å². The first-order valence-corrected chi connectivity index (χ1v) is 8.50. The van der Waals surface area contributed by atoms with Crippen LogP contribution in [-0.2, 0) is 13.6 Å². The molecule has 0 spiro atoms. The molecule has 1 aromatic carbocycles. The number of imidazole rings is 1. The highest BCUT2D eigenvalue weighted by atomic mass is 79.9. The van der Waals surface area contributed by atoms with Crippen LogP contribution in [-0.4, -0.2) is 35.8 Å². The summed E-state index contributed by atoms with van der Waals surface area (Å²) >= 11 is 3.47. The normalized spacial score (nSPS) is 11.4. The zero-order chi connectivity index (χ0) is 16.5. The van der Waals surface area contributed by atoms with E-state index in [0.29, 0.717) is 0 Å². The molecule has 1 N–H and O–H groups in total. The van der Waals surface area contributed by atoms with E-state index < -0.39 is 0 Å². The molecular formula is C16H16BrN7. The summed E-state index contributed by atoms with van der Waals surface area (Å²) in [4.78, 5) is 13.0. The molecule has 0 aliphatic heterocycles. The van der Waals surface area contributed by atoms with Gasteiger partial charge in [-0.2, -0.15) is 5.10 Å². The molecule has 0 bridgehead atoms. The van der Waals surface area contributed by atoms with Gasteiger partial charge in [0.25, 0.3) is 0 Å². The summed E-state index contributed by atoms with van der Waals surface area (Å²) in [5.74, 6) is 0.801. The van der Waals surface area contributed by atoms with Crippen molar-refractivity contribution in [3.63, 3.8) is 0 Å². The van der Waals surface area contributed by atoms with Gasteiger partial charge in [-0.1, -0.05) is 12.1 Å². The Bertz CT molecular complexity index is 1000. The molecule has 0 fully saturated rings. The number of aromatic nitrogens is 6. The maximum absolute atomic E-state index is 4.42. The molecule has 0 aliphatic carbocycles. The van der Waals surface area contributed by atoms with E-state index in [2.05, 4.69) is 51.9 Å². The third-order valence-electron chi connectivity index (χ3n) is 3.97. The predicted molar refractivity (Wildman–Crippen MR) is 96.8 cm³/mol. The van der Waals surface area contributed by atoms with E-state index in [1.807, 2.05) is 31.6 Å². The summed E-state index contributed by atoms with van der Waals surface area (Å²) in [7, 11) is 1.87. The van der Waals surface area contributed by atoms with E-state index in [4.69, 9.17) is 0 Å². The fourth-order valence-corrected chi connectivity index (χ4v) is 3.42. The number of aryl methyl sites for hydroxylation is 2. The van der Waals surface area contributed by atoms with Gasteiger partial charge < -0.3 is 9.88 Å². The molecule has 0 atom stereocenters. The lowest BCUT2D eigenvalue weighted by molar-refractivity contribution is 0.677. The highest BCUT2D eigenvalue weighted by molar-refractivity contribution is 9.10. The highest BCUT2D eigenvalue weighted by Crippen LogP contribution is 2.26. The first-order valence-electron chi connectivity index (χ1n) is 7.71. The first kappa shape index (κ1) is 15.1. The zero-order valence-corrected chi connectivity index (χ0v) is 14.7. The predicted octanol–water partition coefficient (Wildman–Crippen LogP) is 2.98. The van der Waals surface area contributed by atoms with Crippen molar-refractivity contribution in [3.05, 3.63) is 41.5 Å². The van der Waals surface area contributed by atoms with Crippen LogP contribution in [0.4, 0.5) is 5.82 Å². The molecule has 0 aliphatic rings. The van der Waals surface area contributed by atoms with Gasteiger partial charge in [-0.15, -0.1) is 0 Å². The number of nitrogens with zero attached hydrogens (tertiary/aromatic N) is 6. The van der Waals surface area contributed by atoms with Gasteiger partial charge in [0.15, 0.2) is 5.65 Å². The molecule has 8 heteroatoms. The molecular weight excluding hydrogens is 370 g/mol. The number of para-hydroxylation sites is 2. The van der Waals surface area contributed by atoms with Crippen LogP contribution in [0.1, 0.15) is 6.42 Å². The van der Waals surface area contributed by atoms with E-state index in [9.17, 15) is 0 Å². The van der Waals surface area contributed by atoms with Gasteiger partial charge in [-0.05, 0) is 34.5 Å². The largest absolute Gasteiger partial charge is 0.369 e. The number of rotatable bonds is 5. The fourth-order valence-electron chi connectivity index (χ4n) is 2.82. The number of fused-ring (bicyclic) bond motifs is 2. The number of anilines is 1. The van der Waals surface area contributed by atoms with Gasteiger partial charge in [0.05, 0.1) is 22.7 Å². The van der Waals surface area contributed by atoms with Gasteiger partial charge in [0.2, 0.25) is 0 Å². The molecule has 0 amide bonds. The van der Waals surface area contributed by atoms with Crippen LogP contribution < -0.4 is 5.32 Å².